The van der Waals surface area contributed by atoms with Crippen molar-refractivity contribution >= 4 is 33.7 Å². The molecule has 1 rings (SSSR count). The molecule has 22 heavy (non-hydrogen) atoms. The molecule has 120 valence electrons. The summed E-state index contributed by atoms with van der Waals surface area (Å²) in [7, 11) is 0. The van der Waals surface area contributed by atoms with Crippen molar-refractivity contribution in [2.75, 3.05) is 19.6 Å². The molecule has 0 saturated heterocycles. The second kappa shape index (κ2) is 9.94. The van der Waals surface area contributed by atoms with E-state index in [0.29, 0.717) is 12.1 Å². The van der Waals surface area contributed by atoms with Crippen LogP contribution in [0.1, 0.15) is 30.1 Å². The van der Waals surface area contributed by atoms with Gasteiger partial charge < -0.3 is 16.0 Å². The summed E-state index contributed by atoms with van der Waals surface area (Å²) in [6.45, 7) is 2.72. The fraction of sp³-hybridized carbons (Fsp3) is 0.400. The number of hydrogen-bond donors (Lipinski definition) is 3. The van der Waals surface area contributed by atoms with Gasteiger partial charge in [-0.25, -0.2) is 0 Å². The maximum absolute atomic E-state index is 11.8. The van der Waals surface area contributed by atoms with Gasteiger partial charge in [0.15, 0.2) is 0 Å². The van der Waals surface area contributed by atoms with Crippen LogP contribution in [-0.4, -0.2) is 37.4 Å². The highest BCUT2D eigenvalue weighted by Gasteiger charge is 2.07. The molecule has 0 aliphatic rings. The first-order valence-corrected chi connectivity index (χ1v) is 7.89. The topological polar surface area (TPSA) is 87.3 Å². The lowest BCUT2D eigenvalue weighted by Crippen LogP contribution is -2.38. The van der Waals surface area contributed by atoms with Gasteiger partial charge in [-0.1, -0.05) is 22.9 Å². The Labute approximate surface area is 138 Å². The van der Waals surface area contributed by atoms with Gasteiger partial charge in [0.05, 0.1) is 6.54 Å². The molecule has 1 aromatic rings. The molecular weight excluding hydrogens is 350 g/mol. The van der Waals surface area contributed by atoms with E-state index in [1.807, 2.05) is 6.92 Å². The zero-order valence-electron chi connectivity index (χ0n) is 12.4. The molecule has 0 aliphatic heterocycles. The Hall–Kier alpha value is -1.89. The number of hydrogen-bond acceptors (Lipinski definition) is 3. The van der Waals surface area contributed by atoms with Gasteiger partial charge in [0.25, 0.3) is 5.91 Å². The first-order valence-electron chi connectivity index (χ1n) is 7.10. The van der Waals surface area contributed by atoms with E-state index in [1.165, 1.54) is 0 Å². The molecule has 0 unspecified atom stereocenters. The molecule has 7 heteroatoms. The Bertz CT molecular complexity index is 517. The molecule has 0 bridgehead atoms. The van der Waals surface area contributed by atoms with Gasteiger partial charge in [-0.3, -0.25) is 14.4 Å². The molecule has 0 atom stereocenters. The molecule has 0 aliphatic carbocycles. The van der Waals surface area contributed by atoms with E-state index in [9.17, 15) is 14.4 Å². The third-order valence-corrected chi connectivity index (χ3v) is 3.29. The highest BCUT2D eigenvalue weighted by Crippen LogP contribution is 2.10. The fourth-order valence-corrected chi connectivity index (χ4v) is 1.85. The maximum atomic E-state index is 11.8. The summed E-state index contributed by atoms with van der Waals surface area (Å²) in [5.41, 5.74) is 0.530. The van der Waals surface area contributed by atoms with Crippen LogP contribution in [0.4, 0.5) is 0 Å². The van der Waals surface area contributed by atoms with E-state index in [2.05, 4.69) is 31.9 Å². The maximum Gasteiger partial charge on any atom is 0.251 e. The molecule has 0 heterocycles. The van der Waals surface area contributed by atoms with Crippen LogP contribution in [0.15, 0.2) is 28.7 Å². The van der Waals surface area contributed by atoms with Crippen LogP contribution in [0, 0.1) is 0 Å². The van der Waals surface area contributed by atoms with Crippen molar-refractivity contribution in [2.24, 2.45) is 0 Å². The highest BCUT2D eigenvalue weighted by atomic mass is 79.9. The number of rotatable bonds is 8. The van der Waals surface area contributed by atoms with Crippen LogP contribution >= 0.6 is 15.9 Å². The number of carbonyl (C=O) groups is 3. The Morgan fingerprint density at radius 2 is 1.64 bits per heavy atom. The van der Waals surface area contributed by atoms with Crippen molar-refractivity contribution in [2.45, 2.75) is 19.8 Å². The second-order valence-corrected chi connectivity index (χ2v) is 5.56. The monoisotopic (exact) mass is 369 g/mol. The second-order valence-electron chi connectivity index (χ2n) is 4.64. The molecule has 0 radical (unpaired) electrons. The van der Waals surface area contributed by atoms with E-state index >= 15 is 0 Å². The summed E-state index contributed by atoms with van der Waals surface area (Å²) in [4.78, 5) is 34.6. The largest absolute Gasteiger partial charge is 0.355 e. The Balaban J connectivity index is 2.20. The van der Waals surface area contributed by atoms with Gasteiger partial charge >= 0.3 is 0 Å². The summed E-state index contributed by atoms with van der Waals surface area (Å²) >= 11 is 3.29. The fourth-order valence-electron chi connectivity index (χ4n) is 1.59. The van der Waals surface area contributed by atoms with Gasteiger partial charge in [-0.2, -0.15) is 0 Å². The van der Waals surface area contributed by atoms with E-state index in [1.54, 1.807) is 24.3 Å². The zero-order chi connectivity index (χ0) is 16.4. The number of amides is 3. The standard InChI is InChI=1S/C15H20BrN3O3/c1-2-8-17-14(21)10-19-13(20)7-9-18-15(22)11-3-5-12(16)6-4-11/h3-6H,2,7-10H2,1H3,(H,17,21)(H,18,22)(H,19,20). The van der Waals surface area contributed by atoms with Crippen LogP contribution in [-0.2, 0) is 9.59 Å². The first kappa shape index (κ1) is 18.2. The van der Waals surface area contributed by atoms with Gasteiger partial charge in [0.2, 0.25) is 11.8 Å². The third-order valence-electron chi connectivity index (χ3n) is 2.76. The Morgan fingerprint density at radius 1 is 0.955 bits per heavy atom. The van der Waals surface area contributed by atoms with Crippen molar-refractivity contribution in [3.63, 3.8) is 0 Å². The van der Waals surface area contributed by atoms with Crippen molar-refractivity contribution < 1.29 is 14.4 Å². The van der Waals surface area contributed by atoms with Gasteiger partial charge in [0, 0.05) is 29.5 Å². The molecule has 0 aromatic heterocycles. The SMILES string of the molecule is CCCNC(=O)CNC(=O)CCNC(=O)c1ccc(Br)cc1. The van der Waals surface area contributed by atoms with Crippen molar-refractivity contribution in [3.05, 3.63) is 34.3 Å². The predicted octanol–water partition coefficient (Wildman–Crippen LogP) is 1.21. The normalized spacial score (nSPS) is 9.91. The van der Waals surface area contributed by atoms with Crippen molar-refractivity contribution in [3.8, 4) is 0 Å². The van der Waals surface area contributed by atoms with Gasteiger partial charge in [-0.05, 0) is 30.7 Å². The number of halogens is 1. The summed E-state index contributed by atoms with van der Waals surface area (Å²) in [5.74, 6) is -0.724. The highest BCUT2D eigenvalue weighted by molar-refractivity contribution is 9.10. The minimum atomic E-state index is -0.275. The third kappa shape index (κ3) is 7.21. The summed E-state index contributed by atoms with van der Waals surface area (Å²) in [5, 5.41) is 7.82. The molecular formula is C15H20BrN3O3. The van der Waals surface area contributed by atoms with Crippen LogP contribution in [0.2, 0.25) is 0 Å². The lowest BCUT2D eigenvalue weighted by molar-refractivity contribution is -0.126. The molecule has 3 amide bonds. The minimum absolute atomic E-state index is 0.0422. The lowest BCUT2D eigenvalue weighted by Gasteiger charge is -2.07. The lowest BCUT2D eigenvalue weighted by atomic mass is 10.2. The van der Waals surface area contributed by atoms with E-state index in [0.717, 1.165) is 10.9 Å². The molecule has 0 saturated carbocycles. The predicted molar refractivity (Wildman–Crippen MR) is 87.4 cm³/mol. The number of nitrogens with one attached hydrogen (secondary N) is 3. The quantitative estimate of drug-likeness (QED) is 0.643. The average Bonchev–Trinajstić information content (AvgIpc) is 2.51. The van der Waals surface area contributed by atoms with Gasteiger partial charge in [-0.15, -0.1) is 0 Å². The number of carbonyl (C=O) groups excluding carboxylic acids is 3. The molecule has 1 aromatic carbocycles. The van der Waals surface area contributed by atoms with Crippen LogP contribution in [0.3, 0.4) is 0 Å². The molecule has 6 nitrogen and oxygen atoms in total. The zero-order valence-corrected chi connectivity index (χ0v) is 14.0. The molecule has 0 fully saturated rings. The smallest absolute Gasteiger partial charge is 0.251 e. The van der Waals surface area contributed by atoms with E-state index in [-0.39, 0.29) is 37.2 Å². The summed E-state index contributed by atoms with van der Waals surface area (Å²) < 4.78 is 0.893. The van der Waals surface area contributed by atoms with Crippen LogP contribution in [0.5, 0.6) is 0 Å². The molecule has 3 N–H and O–H groups in total. The number of benzene rings is 1. The summed E-state index contributed by atoms with van der Waals surface area (Å²) in [6, 6.07) is 6.93. The van der Waals surface area contributed by atoms with Crippen molar-refractivity contribution in [1.29, 1.82) is 0 Å². The Kier molecular flexibility index (Phi) is 8.21. The van der Waals surface area contributed by atoms with E-state index in [4.69, 9.17) is 0 Å². The van der Waals surface area contributed by atoms with Gasteiger partial charge in [0.1, 0.15) is 0 Å². The molecule has 0 spiro atoms. The first-order chi connectivity index (χ1) is 10.5. The van der Waals surface area contributed by atoms with Crippen LogP contribution in [0.25, 0.3) is 0 Å². The summed E-state index contributed by atoms with van der Waals surface area (Å²) in [6.07, 6.45) is 0.977. The Morgan fingerprint density at radius 3 is 2.27 bits per heavy atom. The average molecular weight is 370 g/mol. The van der Waals surface area contributed by atoms with Crippen molar-refractivity contribution in [1.82, 2.24) is 16.0 Å². The van der Waals surface area contributed by atoms with E-state index < -0.39 is 0 Å². The van der Waals surface area contributed by atoms with Crippen LogP contribution < -0.4 is 16.0 Å². The minimum Gasteiger partial charge on any atom is -0.355 e.